The van der Waals surface area contributed by atoms with Crippen LogP contribution < -0.4 is 26.4 Å². The third-order valence-electron chi connectivity index (χ3n) is 3.67. The Hall–Kier alpha value is -2.77. The first-order valence-corrected chi connectivity index (χ1v) is 7.34. The van der Waals surface area contributed by atoms with Crippen LogP contribution in [0.5, 0.6) is 5.75 Å². The summed E-state index contributed by atoms with van der Waals surface area (Å²) in [5.74, 6) is -0.172. The van der Waals surface area contributed by atoms with Gasteiger partial charge in [0.2, 0.25) is 5.91 Å². The van der Waals surface area contributed by atoms with Gasteiger partial charge >= 0.3 is 6.03 Å². The smallest absolute Gasteiger partial charge is 0.312 e. The van der Waals surface area contributed by atoms with Gasteiger partial charge in [0.15, 0.2) is 6.61 Å². The molecule has 23 heavy (non-hydrogen) atoms. The molecule has 0 spiro atoms. The molecule has 0 saturated carbocycles. The van der Waals surface area contributed by atoms with Crippen LogP contribution in [-0.4, -0.2) is 30.5 Å². The summed E-state index contributed by atoms with van der Waals surface area (Å²) in [4.78, 5) is 34.8. The molecular weight excluding hydrogens is 300 g/mol. The summed E-state index contributed by atoms with van der Waals surface area (Å²) in [5.41, 5.74) is 6.10. The van der Waals surface area contributed by atoms with E-state index >= 15 is 0 Å². The molecule has 0 aliphatic carbocycles. The summed E-state index contributed by atoms with van der Waals surface area (Å²) in [5, 5.41) is 7.83. The number of anilines is 2. The molecule has 0 unspecified atom stereocenters. The van der Waals surface area contributed by atoms with Crippen LogP contribution in [0.3, 0.4) is 0 Å². The second kappa shape index (κ2) is 6.99. The Balaban J connectivity index is 2.13. The number of ether oxygens (including phenoxy) is 1. The number of hydrogen-bond donors (Lipinski definition) is 4. The Bertz CT molecular complexity index is 632. The fourth-order valence-electron chi connectivity index (χ4n) is 2.24. The fraction of sp³-hybridized carbons (Fsp3) is 0.400. The highest BCUT2D eigenvalue weighted by Crippen LogP contribution is 2.30. The first-order valence-electron chi connectivity index (χ1n) is 7.34. The number of nitrogens with two attached hydrogens (primary N) is 1. The summed E-state index contributed by atoms with van der Waals surface area (Å²) in [6.45, 7) is 3.73. The number of nitrogens with one attached hydrogen (secondary N) is 3. The molecule has 1 aromatic carbocycles. The summed E-state index contributed by atoms with van der Waals surface area (Å²) in [6.07, 6.45) is 0.701. The monoisotopic (exact) mass is 320 g/mol. The molecular formula is C15H20N4O4. The van der Waals surface area contributed by atoms with Crippen LogP contribution in [0.15, 0.2) is 18.2 Å². The standard InChI is InChI=1S/C15H20N4O4/c1-3-8(2)13(19-15(16)22)14(21)17-9-4-5-11-10(6-9)18-12(20)7-23-11/h4-6,8,13H,3,7H2,1-2H3,(H,17,21)(H,18,20)(H3,16,19,22)/t8-,13+/m1/s1. The quantitative estimate of drug-likeness (QED) is 0.647. The minimum absolute atomic E-state index is 0.0304. The molecule has 4 amide bonds. The second-order valence-electron chi connectivity index (χ2n) is 5.41. The van der Waals surface area contributed by atoms with Crippen molar-refractivity contribution in [3.05, 3.63) is 18.2 Å². The van der Waals surface area contributed by atoms with Gasteiger partial charge in [0.25, 0.3) is 5.91 Å². The average Bonchev–Trinajstić information content (AvgIpc) is 2.51. The lowest BCUT2D eigenvalue weighted by Crippen LogP contribution is -2.49. The molecule has 1 aromatic rings. The molecule has 0 radical (unpaired) electrons. The summed E-state index contributed by atoms with van der Waals surface area (Å²) in [6, 6.07) is 3.43. The molecule has 2 atom stereocenters. The van der Waals surface area contributed by atoms with Crippen LogP contribution in [0, 0.1) is 5.92 Å². The highest BCUT2D eigenvalue weighted by molar-refractivity contribution is 5.99. The molecule has 5 N–H and O–H groups in total. The van der Waals surface area contributed by atoms with Gasteiger partial charge in [0.05, 0.1) is 5.69 Å². The van der Waals surface area contributed by atoms with E-state index in [2.05, 4.69) is 16.0 Å². The number of carbonyl (C=O) groups excluding carboxylic acids is 3. The summed E-state index contributed by atoms with van der Waals surface area (Å²) < 4.78 is 5.25. The van der Waals surface area contributed by atoms with Crippen LogP contribution in [0.25, 0.3) is 0 Å². The van der Waals surface area contributed by atoms with E-state index in [0.717, 1.165) is 0 Å². The minimum atomic E-state index is -0.753. The van der Waals surface area contributed by atoms with E-state index in [1.807, 2.05) is 13.8 Å². The van der Waals surface area contributed by atoms with E-state index in [9.17, 15) is 14.4 Å². The Kier molecular flexibility index (Phi) is 5.05. The topological polar surface area (TPSA) is 123 Å². The molecule has 2 rings (SSSR count). The molecule has 0 bridgehead atoms. The number of urea groups is 1. The number of hydrogen-bond acceptors (Lipinski definition) is 4. The number of primary amides is 1. The van der Waals surface area contributed by atoms with Gasteiger partial charge < -0.3 is 26.4 Å². The van der Waals surface area contributed by atoms with Gasteiger partial charge in [0, 0.05) is 5.69 Å². The van der Waals surface area contributed by atoms with Crippen molar-refractivity contribution in [3.8, 4) is 5.75 Å². The van der Waals surface area contributed by atoms with Crippen molar-refractivity contribution in [3.63, 3.8) is 0 Å². The molecule has 0 fully saturated rings. The summed E-state index contributed by atoms with van der Waals surface area (Å²) >= 11 is 0. The molecule has 8 nitrogen and oxygen atoms in total. The van der Waals surface area contributed by atoms with Crippen molar-refractivity contribution in [2.24, 2.45) is 11.7 Å². The van der Waals surface area contributed by atoms with Gasteiger partial charge in [-0.05, 0) is 24.1 Å². The van der Waals surface area contributed by atoms with Crippen LogP contribution in [0.4, 0.5) is 16.2 Å². The lowest BCUT2D eigenvalue weighted by atomic mass is 9.98. The van der Waals surface area contributed by atoms with Crippen molar-refractivity contribution < 1.29 is 19.1 Å². The molecule has 8 heteroatoms. The van der Waals surface area contributed by atoms with Gasteiger partial charge in [-0.1, -0.05) is 20.3 Å². The molecule has 0 aromatic heterocycles. The van der Waals surface area contributed by atoms with Crippen molar-refractivity contribution in [1.29, 1.82) is 0 Å². The molecule has 1 aliphatic heterocycles. The highest BCUT2D eigenvalue weighted by Gasteiger charge is 2.25. The van der Waals surface area contributed by atoms with Crippen LogP contribution in [0.2, 0.25) is 0 Å². The Morgan fingerprint density at radius 2 is 2.17 bits per heavy atom. The van der Waals surface area contributed by atoms with Gasteiger partial charge in [0.1, 0.15) is 11.8 Å². The Morgan fingerprint density at radius 3 is 2.83 bits per heavy atom. The molecule has 124 valence electrons. The number of amides is 4. The average molecular weight is 320 g/mol. The van der Waals surface area contributed by atoms with Gasteiger partial charge in [-0.15, -0.1) is 0 Å². The van der Waals surface area contributed by atoms with E-state index in [4.69, 9.17) is 10.5 Å². The zero-order chi connectivity index (χ0) is 17.0. The Morgan fingerprint density at radius 1 is 1.43 bits per heavy atom. The number of carbonyl (C=O) groups is 3. The van der Waals surface area contributed by atoms with E-state index in [0.29, 0.717) is 23.5 Å². The summed E-state index contributed by atoms with van der Waals surface area (Å²) in [7, 11) is 0. The maximum Gasteiger partial charge on any atom is 0.312 e. The van der Waals surface area contributed by atoms with Gasteiger partial charge in [-0.25, -0.2) is 4.79 Å². The SMILES string of the molecule is CC[C@@H](C)[C@H](NC(N)=O)C(=O)Nc1ccc2c(c1)NC(=O)CO2. The van der Waals surface area contributed by atoms with Crippen molar-refractivity contribution in [1.82, 2.24) is 5.32 Å². The van der Waals surface area contributed by atoms with Crippen LogP contribution in [0.1, 0.15) is 20.3 Å². The normalized spacial score (nSPS) is 15.5. The second-order valence-corrected chi connectivity index (χ2v) is 5.41. The zero-order valence-corrected chi connectivity index (χ0v) is 13.0. The van der Waals surface area contributed by atoms with Crippen molar-refractivity contribution in [2.75, 3.05) is 17.2 Å². The van der Waals surface area contributed by atoms with Crippen LogP contribution in [-0.2, 0) is 9.59 Å². The predicted molar refractivity (Wildman–Crippen MR) is 85.2 cm³/mol. The van der Waals surface area contributed by atoms with E-state index < -0.39 is 12.1 Å². The minimum Gasteiger partial charge on any atom is -0.482 e. The molecule has 1 heterocycles. The Labute approximate surface area is 133 Å². The maximum absolute atomic E-state index is 12.4. The largest absolute Gasteiger partial charge is 0.482 e. The van der Waals surface area contributed by atoms with E-state index in [1.54, 1.807) is 18.2 Å². The number of benzene rings is 1. The highest BCUT2D eigenvalue weighted by atomic mass is 16.5. The third kappa shape index (κ3) is 4.12. The lowest BCUT2D eigenvalue weighted by molar-refractivity contribution is -0.119. The van der Waals surface area contributed by atoms with E-state index in [1.165, 1.54) is 0 Å². The third-order valence-corrected chi connectivity index (χ3v) is 3.67. The molecule has 1 aliphatic rings. The fourth-order valence-corrected chi connectivity index (χ4v) is 2.24. The lowest BCUT2D eigenvalue weighted by Gasteiger charge is -2.23. The van der Waals surface area contributed by atoms with E-state index in [-0.39, 0.29) is 24.3 Å². The molecule has 0 saturated heterocycles. The zero-order valence-electron chi connectivity index (χ0n) is 13.0. The van der Waals surface area contributed by atoms with Gasteiger partial charge in [-0.2, -0.15) is 0 Å². The predicted octanol–water partition coefficient (Wildman–Crippen LogP) is 1.04. The number of fused-ring (bicyclic) bond motifs is 1. The van der Waals surface area contributed by atoms with Crippen molar-refractivity contribution in [2.45, 2.75) is 26.3 Å². The van der Waals surface area contributed by atoms with Gasteiger partial charge in [-0.3, -0.25) is 9.59 Å². The van der Waals surface area contributed by atoms with Crippen molar-refractivity contribution >= 4 is 29.2 Å². The van der Waals surface area contributed by atoms with Crippen LogP contribution >= 0.6 is 0 Å². The first-order chi connectivity index (χ1) is 10.9. The first kappa shape index (κ1) is 16.6. The maximum atomic E-state index is 12.4. The number of rotatable bonds is 5.